The summed E-state index contributed by atoms with van der Waals surface area (Å²) in [5, 5.41) is 13.6. The highest BCUT2D eigenvalue weighted by molar-refractivity contribution is 7.45. The van der Waals surface area contributed by atoms with Gasteiger partial charge in [-0.25, -0.2) is 0 Å². The lowest BCUT2D eigenvalue weighted by Gasteiger charge is -2.30. The molecule has 0 radical (unpaired) electrons. The van der Waals surface area contributed by atoms with Gasteiger partial charge >= 0.3 is 0 Å². The van der Waals surface area contributed by atoms with Gasteiger partial charge in [0, 0.05) is 6.42 Å². The van der Waals surface area contributed by atoms with E-state index in [4.69, 9.17) is 9.05 Å². The number of amides is 1. The third-order valence-electron chi connectivity index (χ3n) is 10.8. The fraction of sp³-hybridized carbons (Fsp3) is 0.978. The minimum absolute atomic E-state index is 0.0144. The lowest BCUT2D eigenvalue weighted by molar-refractivity contribution is -0.870. The van der Waals surface area contributed by atoms with Crippen molar-refractivity contribution in [1.29, 1.82) is 0 Å². The van der Waals surface area contributed by atoms with Crippen LogP contribution in [0.25, 0.3) is 0 Å². The van der Waals surface area contributed by atoms with E-state index in [0.29, 0.717) is 23.9 Å². The number of carbonyl (C=O) groups is 1. The van der Waals surface area contributed by atoms with Crippen LogP contribution in [0.15, 0.2) is 0 Å². The van der Waals surface area contributed by atoms with Gasteiger partial charge in [0.2, 0.25) is 5.91 Å². The number of hydrogen-bond acceptors (Lipinski definition) is 6. The molecule has 8 nitrogen and oxygen atoms in total. The van der Waals surface area contributed by atoms with Crippen LogP contribution in [0.4, 0.5) is 0 Å². The molecule has 2 N–H and O–H groups in total. The number of aliphatic hydroxyl groups excluding tert-OH is 1. The van der Waals surface area contributed by atoms with E-state index in [9.17, 15) is 19.4 Å². The number of aliphatic hydroxyl groups is 1. The van der Waals surface area contributed by atoms with Crippen molar-refractivity contribution in [3.05, 3.63) is 0 Å². The zero-order valence-electron chi connectivity index (χ0n) is 36.7. The molecule has 0 aromatic rings. The molecular weight excluding hydrogens is 695 g/mol. The maximum atomic E-state index is 12.7. The van der Waals surface area contributed by atoms with Gasteiger partial charge in [-0.05, 0) is 12.8 Å². The number of quaternary nitrogens is 1. The second kappa shape index (κ2) is 38.0. The Morgan fingerprint density at radius 1 is 0.574 bits per heavy atom. The molecule has 3 unspecified atom stereocenters. The lowest BCUT2D eigenvalue weighted by Crippen LogP contribution is -2.46. The molecular formula is C45H93N2O6P. The first-order valence-electron chi connectivity index (χ1n) is 23.4. The number of nitrogens with one attached hydrogen (secondary N) is 1. The Hall–Kier alpha value is -0.500. The zero-order valence-corrected chi connectivity index (χ0v) is 37.6. The van der Waals surface area contributed by atoms with Crippen molar-refractivity contribution >= 4 is 13.7 Å². The molecule has 54 heavy (non-hydrogen) atoms. The van der Waals surface area contributed by atoms with Crippen LogP contribution >= 0.6 is 7.82 Å². The number of unbranched alkanes of at least 4 members (excludes halogenated alkanes) is 30. The van der Waals surface area contributed by atoms with Gasteiger partial charge in [-0.15, -0.1) is 0 Å². The molecule has 0 aromatic heterocycles. The van der Waals surface area contributed by atoms with Crippen LogP contribution in [0.5, 0.6) is 0 Å². The number of rotatable bonds is 43. The maximum absolute atomic E-state index is 12.7. The Morgan fingerprint density at radius 3 is 1.26 bits per heavy atom. The fourth-order valence-electron chi connectivity index (χ4n) is 7.10. The van der Waals surface area contributed by atoms with Crippen molar-refractivity contribution in [1.82, 2.24) is 5.32 Å². The summed E-state index contributed by atoms with van der Waals surface area (Å²) >= 11 is 0. The van der Waals surface area contributed by atoms with Gasteiger partial charge in [0.05, 0.1) is 39.9 Å². The number of phosphoric ester groups is 1. The summed E-state index contributed by atoms with van der Waals surface area (Å²) < 4.78 is 23.0. The molecule has 0 aliphatic carbocycles. The van der Waals surface area contributed by atoms with Crippen molar-refractivity contribution in [3.63, 3.8) is 0 Å². The van der Waals surface area contributed by atoms with E-state index in [2.05, 4.69) is 19.2 Å². The Bertz CT molecular complexity index is 855. The maximum Gasteiger partial charge on any atom is 0.268 e. The first-order chi connectivity index (χ1) is 26.0. The van der Waals surface area contributed by atoms with Crippen molar-refractivity contribution < 1.29 is 32.9 Å². The minimum Gasteiger partial charge on any atom is -0.756 e. The molecule has 0 saturated heterocycles. The molecule has 0 saturated carbocycles. The summed E-state index contributed by atoms with van der Waals surface area (Å²) in [4.78, 5) is 25.0. The van der Waals surface area contributed by atoms with Crippen LogP contribution in [0.3, 0.4) is 0 Å². The molecule has 0 rings (SSSR count). The van der Waals surface area contributed by atoms with E-state index in [1.54, 1.807) is 0 Å². The topological polar surface area (TPSA) is 108 Å². The van der Waals surface area contributed by atoms with Gasteiger partial charge in [-0.2, -0.15) is 0 Å². The summed E-state index contributed by atoms with van der Waals surface area (Å²) in [5.41, 5.74) is 0. The van der Waals surface area contributed by atoms with Gasteiger partial charge in [0.25, 0.3) is 7.82 Å². The molecule has 0 bridgehead atoms. The molecule has 324 valence electrons. The van der Waals surface area contributed by atoms with Gasteiger partial charge in [-0.3, -0.25) is 9.36 Å². The number of nitrogens with zero attached hydrogens (tertiary/aromatic N) is 1. The average Bonchev–Trinajstić information content (AvgIpc) is 3.12. The second-order valence-corrected chi connectivity index (χ2v) is 18.9. The van der Waals surface area contributed by atoms with E-state index < -0.39 is 20.0 Å². The monoisotopic (exact) mass is 789 g/mol. The van der Waals surface area contributed by atoms with Crippen LogP contribution in [0.1, 0.15) is 232 Å². The van der Waals surface area contributed by atoms with Gasteiger partial charge in [0.1, 0.15) is 13.2 Å². The van der Waals surface area contributed by atoms with Crippen molar-refractivity contribution in [2.24, 2.45) is 0 Å². The first kappa shape index (κ1) is 53.5. The number of phosphoric acid groups is 1. The van der Waals surface area contributed by atoms with Crippen LogP contribution in [0.2, 0.25) is 0 Å². The molecule has 3 atom stereocenters. The van der Waals surface area contributed by atoms with Crippen LogP contribution in [-0.2, 0) is 18.4 Å². The zero-order chi connectivity index (χ0) is 40.0. The van der Waals surface area contributed by atoms with E-state index in [1.807, 2.05) is 21.1 Å². The second-order valence-electron chi connectivity index (χ2n) is 17.5. The van der Waals surface area contributed by atoms with Crippen molar-refractivity contribution in [2.45, 2.75) is 244 Å². The average molecular weight is 789 g/mol. The summed E-state index contributed by atoms with van der Waals surface area (Å²) in [7, 11) is 1.31. The van der Waals surface area contributed by atoms with Gasteiger partial charge in [0.15, 0.2) is 0 Å². The lowest BCUT2D eigenvalue weighted by atomic mass is 10.0. The normalized spacial score (nSPS) is 14.3. The van der Waals surface area contributed by atoms with E-state index in [-0.39, 0.29) is 19.1 Å². The van der Waals surface area contributed by atoms with Gasteiger partial charge in [-0.1, -0.05) is 213 Å². The largest absolute Gasteiger partial charge is 0.756 e. The Kier molecular flexibility index (Phi) is 37.7. The molecule has 0 fully saturated rings. The standard InChI is InChI=1S/C45H93N2O6P/c1-6-8-10-12-13-14-15-16-17-18-19-20-21-22-23-24-25-26-27-28-29-30-31-32-33-34-35-37-39-45(49)46-43(44(48)38-36-11-9-7-2)42-53-54(50,51)52-41-40-47(3,4)5/h43-44,48H,6-42H2,1-5H3,(H-,46,49,50,51). The number of likely N-dealkylation sites (N-methyl/N-ethyl adjacent to an activating group) is 1. The third kappa shape index (κ3) is 39.7. The molecule has 0 spiro atoms. The highest BCUT2D eigenvalue weighted by atomic mass is 31.2. The molecule has 0 heterocycles. The van der Waals surface area contributed by atoms with Crippen molar-refractivity contribution in [3.8, 4) is 0 Å². The Morgan fingerprint density at radius 2 is 0.907 bits per heavy atom. The van der Waals surface area contributed by atoms with Crippen LogP contribution in [-0.4, -0.2) is 68.5 Å². The summed E-state index contributed by atoms with van der Waals surface area (Å²) in [6.07, 6.45) is 42.0. The number of hydrogen-bond donors (Lipinski definition) is 2. The fourth-order valence-corrected chi connectivity index (χ4v) is 7.82. The SMILES string of the molecule is CCCCCCCCCCCCCCCCCCCCCCCCCCCCCCC(=O)NC(COP(=O)([O-])OCC[N+](C)(C)C)C(O)CCCCCC. The quantitative estimate of drug-likeness (QED) is 0.0362. The van der Waals surface area contributed by atoms with E-state index in [1.165, 1.54) is 161 Å². The van der Waals surface area contributed by atoms with E-state index >= 15 is 0 Å². The van der Waals surface area contributed by atoms with Crippen molar-refractivity contribution in [2.75, 3.05) is 40.9 Å². The highest BCUT2D eigenvalue weighted by Crippen LogP contribution is 2.38. The molecule has 0 aliphatic heterocycles. The van der Waals surface area contributed by atoms with Crippen LogP contribution in [0, 0.1) is 0 Å². The smallest absolute Gasteiger partial charge is 0.268 e. The third-order valence-corrected chi connectivity index (χ3v) is 11.8. The summed E-state index contributed by atoms with van der Waals surface area (Å²) in [5.74, 6) is -0.169. The first-order valence-corrected chi connectivity index (χ1v) is 24.8. The summed E-state index contributed by atoms with van der Waals surface area (Å²) in [6, 6.07) is -0.790. The Balaban J connectivity index is 3.78. The predicted octanol–water partition coefficient (Wildman–Crippen LogP) is 12.3. The molecule has 1 amide bonds. The summed E-state index contributed by atoms with van der Waals surface area (Å²) in [6.45, 7) is 4.62. The van der Waals surface area contributed by atoms with Gasteiger partial charge < -0.3 is 28.8 Å². The number of carbonyl (C=O) groups excluding carboxylic acids is 1. The minimum atomic E-state index is -4.54. The molecule has 0 aliphatic rings. The molecule has 9 heteroatoms. The van der Waals surface area contributed by atoms with E-state index in [0.717, 1.165) is 44.9 Å². The Labute approximate surface area is 336 Å². The predicted molar refractivity (Wildman–Crippen MR) is 229 cm³/mol. The molecule has 0 aromatic carbocycles. The van der Waals surface area contributed by atoms with Crippen LogP contribution < -0.4 is 10.2 Å². The highest BCUT2D eigenvalue weighted by Gasteiger charge is 2.24.